The second-order valence-electron chi connectivity index (χ2n) is 6.48. The van der Waals surface area contributed by atoms with Gasteiger partial charge >= 0.3 is 0 Å². The lowest BCUT2D eigenvalue weighted by Gasteiger charge is -2.24. The molecule has 1 fully saturated rings. The van der Waals surface area contributed by atoms with Gasteiger partial charge in [-0.3, -0.25) is 9.38 Å². The number of rotatable bonds is 4. The average molecular weight is 338 g/mol. The standard InChI is InChI=1S/C19H22N4O2/c1-25-16-11-13(7-8-15(16)24)18-19(21-14-5-3-2-4-6-14)23-10-9-20-12-17(23)22-18/h7-12,14,21,24H,2-6H2,1H3. The number of ether oxygens (including phenoxy) is 1. The molecule has 0 bridgehead atoms. The summed E-state index contributed by atoms with van der Waals surface area (Å²) in [6.07, 6.45) is 11.6. The maximum atomic E-state index is 9.88. The summed E-state index contributed by atoms with van der Waals surface area (Å²) in [7, 11) is 1.55. The van der Waals surface area contributed by atoms with Gasteiger partial charge in [0.05, 0.1) is 13.3 Å². The van der Waals surface area contributed by atoms with Crippen LogP contribution in [0.4, 0.5) is 5.82 Å². The molecule has 3 aromatic rings. The Labute approximate surface area is 146 Å². The SMILES string of the molecule is COc1cc(-c2nc3cnccn3c2NC2CCCCC2)ccc1O. The number of aromatic hydroxyl groups is 1. The average Bonchev–Trinajstić information content (AvgIpc) is 3.02. The Balaban J connectivity index is 1.80. The van der Waals surface area contributed by atoms with Crippen LogP contribution in [0, 0.1) is 0 Å². The smallest absolute Gasteiger partial charge is 0.161 e. The zero-order valence-corrected chi connectivity index (χ0v) is 14.3. The van der Waals surface area contributed by atoms with Gasteiger partial charge in [-0.1, -0.05) is 19.3 Å². The van der Waals surface area contributed by atoms with Crippen LogP contribution < -0.4 is 10.1 Å². The van der Waals surface area contributed by atoms with Crippen molar-refractivity contribution in [2.45, 2.75) is 38.1 Å². The quantitative estimate of drug-likeness (QED) is 0.756. The van der Waals surface area contributed by atoms with Crippen LogP contribution in [0.3, 0.4) is 0 Å². The van der Waals surface area contributed by atoms with Crippen molar-refractivity contribution in [3.05, 3.63) is 36.8 Å². The van der Waals surface area contributed by atoms with Crippen molar-refractivity contribution in [1.29, 1.82) is 0 Å². The molecule has 6 nitrogen and oxygen atoms in total. The number of imidazole rings is 1. The molecular formula is C19H22N4O2. The fourth-order valence-corrected chi connectivity index (χ4v) is 3.51. The van der Waals surface area contributed by atoms with E-state index >= 15 is 0 Å². The largest absolute Gasteiger partial charge is 0.504 e. The van der Waals surface area contributed by atoms with Gasteiger partial charge in [0.15, 0.2) is 17.1 Å². The highest BCUT2D eigenvalue weighted by molar-refractivity contribution is 5.78. The molecule has 2 heterocycles. The van der Waals surface area contributed by atoms with Crippen molar-refractivity contribution in [3.63, 3.8) is 0 Å². The Morgan fingerprint density at radius 1 is 1.24 bits per heavy atom. The van der Waals surface area contributed by atoms with Crippen molar-refractivity contribution in [3.8, 4) is 22.8 Å². The molecule has 130 valence electrons. The normalized spacial score (nSPS) is 15.4. The van der Waals surface area contributed by atoms with E-state index in [4.69, 9.17) is 9.72 Å². The molecule has 1 aromatic carbocycles. The number of phenolic OH excluding ortho intramolecular Hbond substituents is 1. The van der Waals surface area contributed by atoms with E-state index in [1.807, 2.05) is 22.7 Å². The Morgan fingerprint density at radius 2 is 2.08 bits per heavy atom. The zero-order valence-electron chi connectivity index (χ0n) is 14.3. The predicted molar refractivity (Wildman–Crippen MR) is 97.1 cm³/mol. The minimum Gasteiger partial charge on any atom is -0.504 e. The molecule has 25 heavy (non-hydrogen) atoms. The van der Waals surface area contributed by atoms with E-state index in [1.54, 1.807) is 25.6 Å². The lowest BCUT2D eigenvalue weighted by molar-refractivity contribution is 0.373. The van der Waals surface area contributed by atoms with Crippen LogP contribution in [0.25, 0.3) is 16.9 Å². The van der Waals surface area contributed by atoms with Crippen LogP contribution in [0.2, 0.25) is 0 Å². The first kappa shape index (κ1) is 15.7. The Kier molecular flexibility index (Phi) is 4.17. The number of aromatic nitrogens is 3. The van der Waals surface area contributed by atoms with Crippen LogP contribution in [-0.2, 0) is 0 Å². The van der Waals surface area contributed by atoms with Crippen molar-refractivity contribution in [2.75, 3.05) is 12.4 Å². The number of anilines is 1. The highest BCUT2D eigenvalue weighted by Gasteiger charge is 2.20. The van der Waals surface area contributed by atoms with Crippen LogP contribution in [0.5, 0.6) is 11.5 Å². The molecule has 1 saturated carbocycles. The van der Waals surface area contributed by atoms with Crippen molar-refractivity contribution in [2.24, 2.45) is 0 Å². The molecule has 0 aliphatic heterocycles. The first-order valence-electron chi connectivity index (χ1n) is 8.72. The number of hydrogen-bond donors (Lipinski definition) is 2. The first-order valence-corrected chi connectivity index (χ1v) is 8.72. The topological polar surface area (TPSA) is 71.7 Å². The molecule has 0 amide bonds. The number of fused-ring (bicyclic) bond motifs is 1. The Bertz CT molecular complexity index is 884. The predicted octanol–water partition coefficient (Wildman–Crippen LogP) is 3.86. The minimum absolute atomic E-state index is 0.124. The molecule has 0 radical (unpaired) electrons. The van der Waals surface area contributed by atoms with Gasteiger partial charge in [-0.25, -0.2) is 4.98 Å². The van der Waals surface area contributed by atoms with Gasteiger partial charge in [0.1, 0.15) is 11.5 Å². The molecule has 0 saturated heterocycles. The number of benzene rings is 1. The molecule has 1 aliphatic rings. The van der Waals surface area contributed by atoms with E-state index in [1.165, 1.54) is 32.1 Å². The summed E-state index contributed by atoms with van der Waals surface area (Å²) in [6.45, 7) is 0. The van der Waals surface area contributed by atoms with Gasteiger partial charge in [0, 0.05) is 24.0 Å². The zero-order chi connectivity index (χ0) is 17.2. The van der Waals surface area contributed by atoms with E-state index in [0.29, 0.717) is 11.8 Å². The fourth-order valence-electron chi connectivity index (χ4n) is 3.51. The summed E-state index contributed by atoms with van der Waals surface area (Å²) in [4.78, 5) is 8.93. The first-order chi connectivity index (χ1) is 12.3. The van der Waals surface area contributed by atoms with Crippen molar-refractivity contribution in [1.82, 2.24) is 14.4 Å². The Morgan fingerprint density at radius 3 is 2.88 bits per heavy atom. The van der Waals surface area contributed by atoms with E-state index < -0.39 is 0 Å². The molecule has 0 spiro atoms. The molecule has 2 N–H and O–H groups in total. The third kappa shape index (κ3) is 2.99. The van der Waals surface area contributed by atoms with Gasteiger partial charge in [0.2, 0.25) is 0 Å². The van der Waals surface area contributed by atoms with Crippen LogP contribution in [0.1, 0.15) is 32.1 Å². The monoisotopic (exact) mass is 338 g/mol. The highest BCUT2D eigenvalue weighted by atomic mass is 16.5. The second kappa shape index (κ2) is 6.63. The van der Waals surface area contributed by atoms with E-state index in [-0.39, 0.29) is 5.75 Å². The number of nitrogens with zero attached hydrogens (tertiary/aromatic N) is 3. The maximum Gasteiger partial charge on any atom is 0.161 e. The third-order valence-corrected chi connectivity index (χ3v) is 4.83. The lowest BCUT2D eigenvalue weighted by atomic mass is 9.95. The number of phenols is 1. The lowest BCUT2D eigenvalue weighted by Crippen LogP contribution is -2.23. The minimum atomic E-state index is 0.124. The summed E-state index contributed by atoms with van der Waals surface area (Å²) in [5, 5.41) is 13.6. The summed E-state index contributed by atoms with van der Waals surface area (Å²) in [6, 6.07) is 5.77. The van der Waals surface area contributed by atoms with Gasteiger partial charge < -0.3 is 15.2 Å². The van der Waals surface area contributed by atoms with Gasteiger partial charge in [-0.05, 0) is 31.0 Å². The van der Waals surface area contributed by atoms with Gasteiger partial charge in [-0.2, -0.15) is 0 Å². The summed E-state index contributed by atoms with van der Waals surface area (Å²) in [5.74, 6) is 1.53. The van der Waals surface area contributed by atoms with E-state index in [0.717, 1.165) is 22.7 Å². The molecule has 0 unspecified atom stereocenters. The Hall–Kier alpha value is -2.76. The summed E-state index contributed by atoms with van der Waals surface area (Å²) >= 11 is 0. The van der Waals surface area contributed by atoms with Gasteiger partial charge in [-0.15, -0.1) is 0 Å². The van der Waals surface area contributed by atoms with E-state index in [9.17, 15) is 5.11 Å². The van der Waals surface area contributed by atoms with Crippen molar-refractivity contribution >= 4 is 11.5 Å². The highest BCUT2D eigenvalue weighted by Crippen LogP contribution is 2.35. The van der Waals surface area contributed by atoms with Gasteiger partial charge in [0.25, 0.3) is 0 Å². The molecular weight excluding hydrogens is 316 g/mol. The van der Waals surface area contributed by atoms with Crippen LogP contribution >= 0.6 is 0 Å². The molecule has 0 atom stereocenters. The third-order valence-electron chi connectivity index (χ3n) is 4.83. The maximum absolute atomic E-state index is 9.88. The molecule has 4 rings (SSSR count). The number of methoxy groups -OCH3 is 1. The summed E-state index contributed by atoms with van der Waals surface area (Å²) in [5.41, 5.74) is 2.54. The van der Waals surface area contributed by atoms with Crippen LogP contribution in [-0.4, -0.2) is 32.6 Å². The fraction of sp³-hybridized carbons (Fsp3) is 0.368. The van der Waals surface area contributed by atoms with Crippen molar-refractivity contribution < 1.29 is 9.84 Å². The van der Waals surface area contributed by atoms with Crippen LogP contribution in [0.15, 0.2) is 36.8 Å². The summed E-state index contributed by atoms with van der Waals surface area (Å²) < 4.78 is 7.29. The number of nitrogens with one attached hydrogen (secondary N) is 1. The molecule has 6 heteroatoms. The van der Waals surface area contributed by atoms with E-state index in [2.05, 4.69) is 10.3 Å². The second-order valence-corrected chi connectivity index (χ2v) is 6.48. The number of hydrogen-bond acceptors (Lipinski definition) is 5. The molecule has 1 aliphatic carbocycles. The molecule has 2 aromatic heterocycles.